The third-order valence-corrected chi connectivity index (χ3v) is 13.5. The van der Waals surface area contributed by atoms with Crippen molar-refractivity contribution in [3.63, 3.8) is 0 Å². The highest BCUT2D eigenvalue weighted by molar-refractivity contribution is 7.47. The van der Waals surface area contributed by atoms with Crippen LogP contribution in [-0.4, -0.2) is 74.9 Å². The maximum atomic E-state index is 12.8. The lowest BCUT2D eigenvalue weighted by Gasteiger charge is -2.24. The Balaban J connectivity index is 4.20. The molecule has 0 fully saturated rings. The molecular weight excluding hydrogens is 894 g/mol. The zero-order valence-electron chi connectivity index (χ0n) is 46.2. The predicted octanol–water partition coefficient (Wildman–Crippen LogP) is 17.9. The van der Waals surface area contributed by atoms with Gasteiger partial charge in [0.25, 0.3) is 0 Å². The number of phosphoric acid groups is 1. The SMILES string of the molecule is CCCCCCC/C=C\C/C=C\C/C=C\CCCCCCCCCCC(=O)OC(COC(=O)CCCCCCCCCCCCC/C=C\C/C=C\CCCCCCC)COP(=O)(O)OCC[N+](C)(C)C. The van der Waals surface area contributed by atoms with Crippen LogP contribution in [0.3, 0.4) is 0 Å². The van der Waals surface area contributed by atoms with Gasteiger partial charge in [0.15, 0.2) is 6.10 Å². The van der Waals surface area contributed by atoms with E-state index in [1.807, 2.05) is 21.1 Å². The highest BCUT2D eigenvalue weighted by Gasteiger charge is 2.27. The fourth-order valence-corrected chi connectivity index (χ4v) is 8.74. The van der Waals surface area contributed by atoms with Gasteiger partial charge in [-0.05, 0) is 83.5 Å². The van der Waals surface area contributed by atoms with E-state index in [-0.39, 0.29) is 32.0 Å². The van der Waals surface area contributed by atoms with Crippen molar-refractivity contribution in [1.29, 1.82) is 0 Å². The minimum atomic E-state index is -4.39. The van der Waals surface area contributed by atoms with E-state index in [0.717, 1.165) is 64.2 Å². The molecule has 0 radical (unpaired) electrons. The van der Waals surface area contributed by atoms with Crippen LogP contribution in [0.4, 0.5) is 0 Å². The first-order valence-corrected chi connectivity index (χ1v) is 30.5. The van der Waals surface area contributed by atoms with Gasteiger partial charge < -0.3 is 18.9 Å². The van der Waals surface area contributed by atoms with Gasteiger partial charge in [-0.1, -0.05) is 222 Å². The molecule has 0 spiro atoms. The van der Waals surface area contributed by atoms with Crippen LogP contribution >= 0.6 is 7.82 Å². The van der Waals surface area contributed by atoms with E-state index in [1.165, 1.54) is 161 Å². The van der Waals surface area contributed by atoms with Gasteiger partial charge in [-0.25, -0.2) is 4.57 Å². The second-order valence-electron chi connectivity index (χ2n) is 20.7. The van der Waals surface area contributed by atoms with Crippen molar-refractivity contribution in [2.75, 3.05) is 47.5 Å². The van der Waals surface area contributed by atoms with Crippen molar-refractivity contribution >= 4 is 19.8 Å². The highest BCUT2D eigenvalue weighted by atomic mass is 31.2. The predicted molar refractivity (Wildman–Crippen MR) is 298 cm³/mol. The second kappa shape index (κ2) is 51.6. The molecule has 10 heteroatoms. The van der Waals surface area contributed by atoms with Crippen molar-refractivity contribution < 1.29 is 42.1 Å². The Morgan fingerprint density at radius 1 is 0.443 bits per heavy atom. The van der Waals surface area contributed by atoms with Crippen LogP contribution in [0.25, 0.3) is 0 Å². The summed E-state index contributed by atoms with van der Waals surface area (Å²) in [7, 11) is 1.47. The fraction of sp³-hybridized carbons (Fsp3) is 0.800. The van der Waals surface area contributed by atoms with Gasteiger partial charge >= 0.3 is 19.8 Å². The van der Waals surface area contributed by atoms with Gasteiger partial charge in [-0.15, -0.1) is 0 Å². The average Bonchev–Trinajstić information content (AvgIpc) is 3.32. The number of quaternary nitrogens is 1. The summed E-state index contributed by atoms with van der Waals surface area (Å²) in [6.07, 6.45) is 65.6. The number of rotatable bonds is 53. The zero-order valence-corrected chi connectivity index (χ0v) is 47.1. The molecule has 1 N–H and O–H groups in total. The summed E-state index contributed by atoms with van der Waals surface area (Å²) in [5.41, 5.74) is 0. The Bertz CT molecular complexity index is 1370. The molecule has 0 heterocycles. The van der Waals surface area contributed by atoms with Crippen LogP contribution in [0.2, 0.25) is 0 Å². The summed E-state index contributed by atoms with van der Waals surface area (Å²) in [6.45, 7) is 4.42. The lowest BCUT2D eigenvalue weighted by Crippen LogP contribution is -2.37. The summed E-state index contributed by atoms with van der Waals surface area (Å²) in [5.74, 6) is -0.803. The Hall–Kier alpha value is -2.29. The first-order valence-electron chi connectivity index (χ1n) is 29.0. The molecule has 0 aromatic rings. The molecule has 70 heavy (non-hydrogen) atoms. The van der Waals surface area contributed by atoms with E-state index in [0.29, 0.717) is 17.4 Å². The number of ether oxygens (including phenoxy) is 2. The molecule has 0 aliphatic rings. The molecule has 2 unspecified atom stereocenters. The molecule has 0 rings (SSSR count). The fourth-order valence-electron chi connectivity index (χ4n) is 7.99. The standard InChI is InChI=1S/C60H110NO8P/c1-6-8-10-12-14-16-18-20-22-24-26-28-30-32-34-36-38-40-42-44-46-48-50-52-59(62)66-56-58(57-68-70(64,65)67-55-54-61(3,4)5)69-60(63)53-51-49-47-45-43-41-39-37-35-33-31-29-27-25-23-21-19-17-15-13-11-9-7-2/h18-21,24-27,31,33,58H,6-17,22-23,28-30,32,34-57H2,1-5H3/p+1/b20-18-,21-19-,26-24-,27-25-,33-31-. The van der Waals surface area contributed by atoms with Gasteiger partial charge in [-0.3, -0.25) is 18.6 Å². The van der Waals surface area contributed by atoms with Crippen LogP contribution in [0.15, 0.2) is 60.8 Å². The molecule has 0 aliphatic carbocycles. The molecule has 0 bridgehead atoms. The molecule has 0 amide bonds. The van der Waals surface area contributed by atoms with E-state index < -0.39 is 26.5 Å². The van der Waals surface area contributed by atoms with Gasteiger partial charge in [0.05, 0.1) is 27.7 Å². The molecule has 9 nitrogen and oxygen atoms in total. The van der Waals surface area contributed by atoms with E-state index in [2.05, 4.69) is 74.6 Å². The second-order valence-corrected chi connectivity index (χ2v) is 22.1. The normalized spacial score (nSPS) is 13.7. The lowest BCUT2D eigenvalue weighted by molar-refractivity contribution is -0.870. The monoisotopic (exact) mass is 1000 g/mol. The van der Waals surface area contributed by atoms with Crippen LogP contribution in [-0.2, 0) is 32.7 Å². The number of likely N-dealkylation sites (N-methyl/N-ethyl adjacent to an activating group) is 1. The highest BCUT2D eigenvalue weighted by Crippen LogP contribution is 2.43. The first-order chi connectivity index (χ1) is 34.0. The molecule has 408 valence electrons. The molecule has 0 saturated heterocycles. The topological polar surface area (TPSA) is 108 Å². The molecule has 0 aromatic heterocycles. The van der Waals surface area contributed by atoms with E-state index in [1.54, 1.807) is 0 Å². The average molecular weight is 1010 g/mol. The number of carbonyl (C=O) groups is 2. The number of allylic oxidation sites excluding steroid dienone is 10. The number of esters is 2. The van der Waals surface area contributed by atoms with Gasteiger partial charge in [0.1, 0.15) is 19.8 Å². The number of carbonyl (C=O) groups excluding carboxylic acids is 2. The Morgan fingerprint density at radius 2 is 0.771 bits per heavy atom. The van der Waals surface area contributed by atoms with Crippen LogP contribution in [0, 0.1) is 0 Å². The van der Waals surface area contributed by atoms with Gasteiger partial charge in [0, 0.05) is 12.8 Å². The van der Waals surface area contributed by atoms with Crippen molar-refractivity contribution in [1.82, 2.24) is 0 Å². The van der Waals surface area contributed by atoms with Crippen molar-refractivity contribution in [2.45, 2.75) is 264 Å². The third kappa shape index (κ3) is 55.0. The van der Waals surface area contributed by atoms with E-state index in [9.17, 15) is 19.0 Å². The van der Waals surface area contributed by atoms with E-state index >= 15 is 0 Å². The number of nitrogens with zero attached hydrogens (tertiary/aromatic N) is 1. The van der Waals surface area contributed by atoms with Crippen molar-refractivity contribution in [3.05, 3.63) is 60.8 Å². The molecule has 0 aromatic carbocycles. The van der Waals surface area contributed by atoms with Crippen molar-refractivity contribution in [3.8, 4) is 0 Å². The molecule has 2 atom stereocenters. The summed E-state index contributed by atoms with van der Waals surface area (Å²) in [4.78, 5) is 35.7. The zero-order chi connectivity index (χ0) is 51.3. The Morgan fingerprint density at radius 3 is 1.14 bits per heavy atom. The van der Waals surface area contributed by atoms with Crippen LogP contribution in [0.5, 0.6) is 0 Å². The van der Waals surface area contributed by atoms with Gasteiger partial charge in [0.2, 0.25) is 0 Å². The number of unbranched alkanes of at least 4 members (excludes halogenated alkanes) is 29. The quantitative estimate of drug-likeness (QED) is 0.0211. The summed E-state index contributed by atoms with van der Waals surface area (Å²) in [5, 5.41) is 0. The molecule has 0 saturated carbocycles. The first kappa shape index (κ1) is 67.7. The largest absolute Gasteiger partial charge is 0.472 e. The van der Waals surface area contributed by atoms with E-state index in [4.69, 9.17) is 18.5 Å². The minimum absolute atomic E-state index is 0.0281. The smallest absolute Gasteiger partial charge is 0.462 e. The summed E-state index contributed by atoms with van der Waals surface area (Å²) in [6, 6.07) is 0. The van der Waals surface area contributed by atoms with Crippen LogP contribution < -0.4 is 0 Å². The number of phosphoric ester groups is 1. The number of hydrogen-bond donors (Lipinski definition) is 1. The van der Waals surface area contributed by atoms with Gasteiger partial charge in [-0.2, -0.15) is 0 Å². The Labute approximate surface area is 432 Å². The van der Waals surface area contributed by atoms with Crippen molar-refractivity contribution in [2.24, 2.45) is 0 Å². The number of hydrogen-bond acceptors (Lipinski definition) is 7. The maximum Gasteiger partial charge on any atom is 0.472 e. The summed E-state index contributed by atoms with van der Waals surface area (Å²) < 4.78 is 34.6. The minimum Gasteiger partial charge on any atom is -0.462 e. The Kier molecular flexibility index (Phi) is 49.9. The summed E-state index contributed by atoms with van der Waals surface area (Å²) >= 11 is 0. The molecular formula is C60H111NO8P+. The van der Waals surface area contributed by atoms with Crippen LogP contribution in [0.1, 0.15) is 258 Å². The third-order valence-electron chi connectivity index (χ3n) is 12.5. The lowest BCUT2D eigenvalue weighted by atomic mass is 10.0. The maximum absolute atomic E-state index is 12.8. The molecule has 0 aliphatic heterocycles.